The number of amides is 1. The van der Waals surface area contributed by atoms with E-state index in [2.05, 4.69) is 24.1 Å². The average Bonchev–Trinajstić information content (AvgIpc) is 2.59. The van der Waals surface area contributed by atoms with Crippen molar-refractivity contribution in [2.24, 2.45) is 0 Å². The molecule has 0 saturated carbocycles. The molecule has 0 spiro atoms. The first-order valence-corrected chi connectivity index (χ1v) is 8.80. The Balaban J connectivity index is 2.12. The van der Waals surface area contributed by atoms with Gasteiger partial charge in [-0.15, -0.1) is 0 Å². The molecule has 0 aliphatic carbocycles. The van der Waals surface area contributed by atoms with E-state index in [0.29, 0.717) is 30.3 Å². The number of hydrogen-bond donors (Lipinski definition) is 1. The molecule has 0 heterocycles. The molecule has 5 nitrogen and oxygen atoms in total. The molecule has 1 aromatic carbocycles. The Morgan fingerprint density at radius 3 is 2.50 bits per heavy atom. The number of carbonyl (C=O) groups is 2. The molecule has 0 radical (unpaired) electrons. The quantitative estimate of drug-likeness (QED) is 0.463. The number of carbonyl (C=O) groups excluding carboxylic acids is 2. The first-order valence-electron chi connectivity index (χ1n) is 8.43. The van der Waals surface area contributed by atoms with Crippen LogP contribution in [0.5, 0.6) is 0 Å². The smallest absolute Gasteiger partial charge is 0.220 e. The summed E-state index contributed by atoms with van der Waals surface area (Å²) >= 11 is 5.97. The van der Waals surface area contributed by atoms with Gasteiger partial charge < -0.3 is 15.0 Å². The number of ether oxygens (including phenoxy) is 1. The van der Waals surface area contributed by atoms with Crippen molar-refractivity contribution in [3.05, 3.63) is 34.9 Å². The summed E-state index contributed by atoms with van der Waals surface area (Å²) in [5, 5.41) is 3.18. The SMILES string of the molecule is CCN(CC)CCOCCNC(=O)CCC(=O)c1ccccc1Cl. The molecule has 1 N–H and O–H groups in total. The van der Waals surface area contributed by atoms with Crippen molar-refractivity contribution >= 4 is 23.3 Å². The van der Waals surface area contributed by atoms with Crippen molar-refractivity contribution in [1.29, 1.82) is 0 Å². The Bertz CT molecular complexity index is 519. The number of Topliss-reactive ketones (excluding diaryl/α,β-unsaturated/α-hetero) is 1. The number of ketones is 1. The highest BCUT2D eigenvalue weighted by Gasteiger charge is 2.11. The van der Waals surface area contributed by atoms with Gasteiger partial charge in [0.15, 0.2) is 5.78 Å². The van der Waals surface area contributed by atoms with Gasteiger partial charge in [0.05, 0.1) is 18.2 Å². The number of likely N-dealkylation sites (N-methyl/N-ethyl adjacent to an activating group) is 1. The third-order valence-corrected chi connectivity index (χ3v) is 4.10. The monoisotopic (exact) mass is 354 g/mol. The number of nitrogens with zero attached hydrogens (tertiary/aromatic N) is 1. The van der Waals surface area contributed by atoms with Crippen LogP contribution >= 0.6 is 11.6 Å². The molecule has 134 valence electrons. The summed E-state index contributed by atoms with van der Waals surface area (Å²) in [7, 11) is 0. The predicted octanol–water partition coefficient (Wildman–Crippen LogP) is 2.78. The van der Waals surface area contributed by atoms with Gasteiger partial charge in [-0.05, 0) is 25.2 Å². The Kier molecular flexibility index (Phi) is 10.3. The Hall–Kier alpha value is -1.43. The molecule has 24 heavy (non-hydrogen) atoms. The molecule has 1 rings (SSSR count). The minimum absolute atomic E-state index is 0.119. The zero-order valence-corrected chi connectivity index (χ0v) is 15.3. The zero-order chi connectivity index (χ0) is 17.8. The Labute approximate surface area is 149 Å². The van der Waals surface area contributed by atoms with Crippen molar-refractivity contribution in [1.82, 2.24) is 10.2 Å². The van der Waals surface area contributed by atoms with Gasteiger partial charge in [0.1, 0.15) is 0 Å². The van der Waals surface area contributed by atoms with E-state index in [0.717, 1.165) is 19.6 Å². The summed E-state index contributed by atoms with van der Waals surface area (Å²) in [5.41, 5.74) is 0.465. The minimum Gasteiger partial charge on any atom is -0.378 e. The maximum atomic E-state index is 12.0. The van der Waals surface area contributed by atoms with Crippen molar-refractivity contribution < 1.29 is 14.3 Å². The van der Waals surface area contributed by atoms with E-state index >= 15 is 0 Å². The summed E-state index contributed by atoms with van der Waals surface area (Å²) < 4.78 is 5.49. The predicted molar refractivity (Wildman–Crippen MR) is 96.6 cm³/mol. The van der Waals surface area contributed by atoms with Crippen LogP contribution in [0.3, 0.4) is 0 Å². The highest BCUT2D eigenvalue weighted by atomic mass is 35.5. The largest absolute Gasteiger partial charge is 0.378 e. The van der Waals surface area contributed by atoms with Crippen molar-refractivity contribution in [2.45, 2.75) is 26.7 Å². The normalized spacial score (nSPS) is 10.8. The number of benzene rings is 1. The second kappa shape index (κ2) is 12.0. The number of rotatable bonds is 12. The van der Waals surface area contributed by atoms with Crippen LogP contribution in [-0.4, -0.2) is 56.0 Å². The van der Waals surface area contributed by atoms with Crippen LogP contribution in [0.4, 0.5) is 0 Å². The topological polar surface area (TPSA) is 58.6 Å². The van der Waals surface area contributed by atoms with E-state index in [1.807, 2.05) is 0 Å². The molecule has 0 bridgehead atoms. The Morgan fingerprint density at radius 1 is 1.12 bits per heavy atom. The van der Waals surface area contributed by atoms with Gasteiger partial charge in [0.25, 0.3) is 0 Å². The molecule has 0 unspecified atom stereocenters. The fourth-order valence-electron chi connectivity index (χ4n) is 2.24. The minimum atomic E-state index is -0.150. The molecule has 1 amide bonds. The van der Waals surface area contributed by atoms with Gasteiger partial charge in [-0.3, -0.25) is 9.59 Å². The van der Waals surface area contributed by atoms with Crippen LogP contribution < -0.4 is 5.32 Å². The average molecular weight is 355 g/mol. The number of nitrogens with one attached hydrogen (secondary N) is 1. The summed E-state index contributed by atoms with van der Waals surface area (Å²) in [6.45, 7) is 8.74. The van der Waals surface area contributed by atoms with E-state index in [1.54, 1.807) is 24.3 Å². The van der Waals surface area contributed by atoms with Crippen LogP contribution in [0.2, 0.25) is 5.02 Å². The first kappa shape index (κ1) is 20.6. The van der Waals surface area contributed by atoms with Crippen LogP contribution in [0.1, 0.15) is 37.0 Å². The van der Waals surface area contributed by atoms with Crippen molar-refractivity contribution in [2.75, 3.05) is 39.4 Å². The second-order valence-corrected chi connectivity index (χ2v) is 5.80. The summed E-state index contributed by atoms with van der Waals surface area (Å²) in [6, 6.07) is 6.87. The molecule has 1 aromatic rings. The van der Waals surface area contributed by atoms with E-state index in [9.17, 15) is 9.59 Å². The second-order valence-electron chi connectivity index (χ2n) is 5.39. The third-order valence-electron chi connectivity index (χ3n) is 3.77. The van der Waals surface area contributed by atoms with Gasteiger partial charge in [-0.1, -0.05) is 37.6 Å². The van der Waals surface area contributed by atoms with Crippen LogP contribution in [0.15, 0.2) is 24.3 Å². The van der Waals surface area contributed by atoms with Gasteiger partial charge in [-0.2, -0.15) is 0 Å². The van der Waals surface area contributed by atoms with Gasteiger partial charge in [0, 0.05) is 31.5 Å². The number of hydrogen-bond acceptors (Lipinski definition) is 4. The standard InChI is InChI=1S/C18H27ClN2O3/c1-3-21(4-2)12-14-24-13-11-20-18(23)10-9-17(22)15-7-5-6-8-16(15)19/h5-8H,3-4,9-14H2,1-2H3,(H,20,23). The van der Waals surface area contributed by atoms with E-state index in [1.165, 1.54) is 0 Å². The van der Waals surface area contributed by atoms with Gasteiger partial charge in [-0.25, -0.2) is 0 Å². The molecule has 0 aliphatic rings. The first-order chi connectivity index (χ1) is 11.6. The molecule has 0 atom stereocenters. The van der Waals surface area contributed by atoms with Crippen LogP contribution in [-0.2, 0) is 9.53 Å². The third kappa shape index (κ3) is 7.90. The molecular formula is C18H27ClN2O3. The maximum Gasteiger partial charge on any atom is 0.220 e. The summed E-state index contributed by atoms with van der Waals surface area (Å²) in [4.78, 5) is 26.0. The molecular weight excluding hydrogens is 328 g/mol. The molecule has 0 saturated heterocycles. The molecule has 0 aromatic heterocycles. The highest BCUT2D eigenvalue weighted by molar-refractivity contribution is 6.34. The maximum absolute atomic E-state index is 12.0. The van der Waals surface area contributed by atoms with Crippen molar-refractivity contribution in [3.8, 4) is 0 Å². The lowest BCUT2D eigenvalue weighted by atomic mass is 10.1. The molecule has 0 aliphatic heterocycles. The number of halogens is 1. The van der Waals surface area contributed by atoms with Gasteiger partial charge in [0.2, 0.25) is 5.91 Å². The lowest BCUT2D eigenvalue weighted by Gasteiger charge is -2.17. The fraction of sp³-hybridized carbons (Fsp3) is 0.556. The highest BCUT2D eigenvalue weighted by Crippen LogP contribution is 2.17. The zero-order valence-electron chi connectivity index (χ0n) is 14.5. The lowest BCUT2D eigenvalue weighted by Crippen LogP contribution is -2.30. The molecule has 0 fully saturated rings. The summed E-state index contributed by atoms with van der Waals surface area (Å²) in [5.74, 6) is -0.269. The Morgan fingerprint density at radius 2 is 1.83 bits per heavy atom. The van der Waals surface area contributed by atoms with Crippen LogP contribution in [0, 0.1) is 0 Å². The van der Waals surface area contributed by atoms with E-state index in [4.69, 9.17) is 16.3 Å². The van der Waals surface area contributed by atoms with Crippen molar-refractivity contribution in [3.63, 3.8) is 0 Å². The van der Waals surface area contributed by atoms with E-state index < -0.39 is 0 Å². The lowest BCUT2D eigenvalue weighted by molar-refractivity contribution is -0.121. The van der Waals surface area contributed by atoms with E-state index in [-0.39, 0.29) is 24.5 Å². The van der Waals surface area contributed by atoms with Crippen LogP contribution in [0.25, 0.3) is 0 Å². The molecule has 6 heteroatoms. The summed E-state index contributed by atoms with van der Waals surface area (Å²) in [6.07, 6.45) is 0.307. The fourth-order valence-corrected chi connectivity index (χ4v) is 2.48. The van der Waals surface area contributed by atoms with Gasteiger partial charge >= 0.3 is 0 Å².